The smallest absolute Gasteiger partial charge is 0.164 e. The minimum atomic E-state index is -0.486. The number of rotatable bonds is 9. The summed E-state index contributed by atoms with van der Waals surface area (Å²) in [5.74, 6) is 2.53. The van der Waals surface area contributed by atoms with Crippen LogP contribution in [0.2, 0.25) is 0 Å². The Balaban J connectivity index is 0.941. The maximum Gasteiger partial charge on any atom is 0.164 e. The molecule has 0 atom stereocenters. The van der Waals surface area contributed by atoms with Crippen molar-refractivity contribution in [3.05, 3.63) is 271 Å². The van der Waals surface area contributed by atoms with Crippen LogP contribution in [0.25, 0.3) is 90.3 Å². The lowest BCUT2D eigenvalue weighted by Gasteiger charge is -2.34. The van der Waals surface area contributed by atoms with Crippen LogP contribution in [0.15, 0.2) is 249 Å². The van der Waals surface area contributed by atoms with E-state index in [-0.39, 0.29) is 0 Å². The Bertz CT molecular complexity index is 3450. The molecule has 0 saturated heterocycles. The first-order valence-electron chi connectivity index (χ1n) is 22.6. The Hall–Kier alpha value is -8.93. The van der Waals surface area contributed by atoms with Crippen LogP contribution in [0, 0.1) is 0 Å². The summed E-state index contributed by atoms with van der Waals surface area (Å²) in [6, 6.07) is 87.1. The first kappa shape index (κ1) is 39.6. The molecule has 0 spiro atoms. The Morgan fingerprint density at radius 2 is 0.582 bits per heavy atom. The highest BCUT2D eigenvalue weighted by Gasteiger charge is 2.45. The standard InChI is InChI=1S/C62H41N5/c1-5-19-42(20-6-1)56-41-57(64-58(63-56)45-35-37-51(38-36-45)62(50-29-11-4-12-30-50)54-33-15-13-31-52(54)53-32-14-16-34-55(53)62)48-27-17-25-46(39-48)47-26-18-28-49(40-47)61-66-59(43-21-7-2-8-22-43)65-60(67-61)44-23-9-3-10-24-44/h1-41H. The first-order chi connectivity index (χ1) is 33.2. The number of benzene rings is 9. The van der Waals surface area contributed by atoms with Crippen molar-refractivity contribution in [1.82, 2.24) is 24.9 Å². The molecule has 2 heterocycles. The summed E-state index contributed by atoms with van der Waals surface area (Å²) in [6.45, 7) is 0. The quantitative estimate of drug-likeness (QED) is 0.145. The molecule has 0 bridgehead atoms. The second-order valence-electron chi connectivity index (χ2n) is 16.8. The first-order valence-corrected chi connectivity index (χ1v) is 22.6. The summed E-state index contributed by atoms with van der Waals surface area (Å²) in [4.78, 5) is 25.5. The number of nitrogens with zero attached hydrogens (tertiary/aromatic N) is 5. The zero-order valence-corrected chi connectivity index (χ0v) is 36.4. The Kier molecular flexibility index (Phi) is 9.99. The predicted molar refractivity (Wildman–Crippen MR) is 271 cm³/mol. The van der Waals surface area contributed by atoms with E-state index < -0.39 is 5.41 Å². The van der Waals surface area contributed by atoms with Gasteiger partial charge in [-0.15, -0.1) is 0 Å². The van der Waals surface area contributed by atoms with Gasteiger partial charge in [-0.25, -0.2) is 24.9 Å². The van der Waals surface area contributed by atoms with E-state index in [1.807, 2.05) is 66.7 Å². The Morgan fingerprint density at radius 3 is 1.13 bits per heavy atom. The normalized spacial score (nSPS) is 12.3. The van der Waals surface area contributed by atoms with E-state index in [2.05, 4.69) is 182 Å². The maximum absolute atomic E-state index is 5.31. The molecule has 12 rings (SSSR count). The largest absolute Gasteiger partial charge is 0.228 e. The van der Waals surface area contributed by atoms with E-state index in [0.717, 1.165) is 55.9 Å². The summed E-state index contributed by atoms with van der Waals surface area (Å²) >= 11 is 0. The van der Waals surface area contributed by atoms with Gasteiger partial charge in [0.1, 0.15) is 0 Å². The number of hydrogen-bond donors (Lipinski definition) is 0. The molecular formula is C62H41N5. The van der Waals surface area contributed by atoms with Crippen LogP contribution in [-0.2, 0) is 5.41 Å². The van der Waals surface area contributed by atoms with Gasteiger partial charge in [0.05, 0.1) is 16.8 Å². The third-order valence-corrected chi connectivity index (χ3v) is 12.8. The highest BCUT2D eigenvalue weighted by Crippen LogP contribution is 2.56. The van der Waals surface area contributed by atoms with Gasteiger partial charge in [-0.3, -0.25) is 0 Å². The van der Waals surface area contributed by atoms with E-state index in [4.69, 9.17) is 24.9 Å². The molecule has 5 heteroatoms. The van der Waals surface area contributed by atoms with Gasteiger partial charge in [0.15, 0.2) is 23.3 Å². The number of hydrogen-bond acceptors (Lipinski definition) is 5. The van der Waals surface area contributed by atoms with Gasteiger partial charge >= 0.3 is 0 Å². The fourth-order valence-corrected chi connectivity index (χ4v) is 9.70. The van der Waals surface area contributed by atoms with Gasteiger partial charge < -0.3 is 0 Å². The minimum Gasteiger partial charge on any atom is -0.228 e. The number of fused-ring (bicyclic) bond motifs is 3. The van der Waals surface area contributed by atoms with Crippen molar-refractivity contribution in [3.63, 3.8) is 0 Å². The second-order valence-corrected chi connectivity index (χ2v) is 16.8. The molecule has 0 saturated carbocycles. The van der Waals surface area contributed by atoms with E-state index >= 15 is 0 Å². The van der Waals surface area contributed by atoms with E-state index in [0.29, 0.717) is 23.3 Å². The molecule has 1 aliphatic carbocycles. The molecule has 0 aliphatic heterocycles. The van der Waals surface area contributed by atoms with Crippen molar-refractivity contribution in [1.29, 1.82) is 0 Å². The third-order valence-electron chi connectivity index (χ3n) is 12.8. The lowest BCUT2D eigenvalue weighted by Crippen LogP contribution is -2.28. The summed E-state index contributed by atoms with van der Waals surface area (Å²) in [7, 11) is 0. The monoisotopic (exact) mass is 855 g/mol. The highest BCUT2D eigenvalue weighted by molar-refractivity contribution is 5.86. The van der Waals surface area contributed by atoms with Crippen molar-refractivity contribution < 1.29 is 0 Å². The van der Waals surface area contributed by atoms with Gasteiger partial charge in [0.25, 0.3) is 0 Å². The summed E-state index contributed by atoms with van der Waals surface area (Å²) in [5, 5.41) is 0. The van der Waals surface area contributed by atoms with Crippen LogP contribution >= 0.6 is 0 Å². The van der Waals surface area contributed by atoms with Crippen molar-refractivity contribution in [3.8, 4) is 90.3 Å². The van der Waals surface area contributed by atoms with E-state index in [1.165, 1.54) is 33.4 Å². The van der Waals surface area contributed by atoms with Gasteiger partial charge in [-0.2, -0.15) is 0 Å². The molecule has 11 aromatic rings. The lowest BCUT2D eigenvalue weighted by molar-refractivity contribution is 0.768. The molecule has 314 valence electrons. The van der Waals surface area contributed by atoms with Crippen molar-refractivity contribution in [2.75, 3.05) is 0 Å². The molecule has 0 N–H and O–H groups in total. The predicted octanol–water partition coefficient (Wildman–Crippen LogP) is 14.7. The SMILES string of the molecule is c1ccc(-c2cc(-c3cccc(-c4cccc(-c5nc(-c6ccccc6)nc(-c6ccccc6)n5)c4)c3)nc(-c3ccc(C4(c5ccccc5)c5ccccc5-c5ccccc54)cc3)n2)cc1. The van der Waals surface area contributed by atoms with Crippen LogP contribution in [0.3, 0.4) is 0 Å². The van der Waals surface area contributed by atoms with Gasteiger partial charge in [0, 0.05) is 33.4 Å². The maximum atomic E-state index is 5.31. The molecule has 0 unspecified atom stereocenters. The number of aromatic nitrogens is 5. The van der Waals surface area contributed by atoms with E-state index in [1.54, 1.807) is 0 Å². The molecule has 5 nitrogen and oxygen atoms in total. The van der Waals surface area contributed by atoms with Gasteiger partial charge in [-0.1, -0.05) is 231 Å². The minimum absolute atomic E-state index is 0.486. The van der Waals surface area contributed by atoms with Crippen LogP contribution in [0.5, 0.6) is 0 Å². The average molecular weight is 856 g/mol. The second kappa shape index (κ2) is 16.9. The molecule has 0 radical (unpaired) electrons. The Morgan fingerprint density at radius 1 is 0.224 bits per heavy atom. The molecule has 0 amide bonds. The summed E-state index contributed by atoms with van der Waals surface area (Å²) in [5.41, 5.74) is 16.5. The molecule has 1 aliphatic rings. The molecule has 0 fully saturated rings. The van der Waals surface area contributed by atoms with Crippen LogP contribution < -0.4 is 0 Å². The molecular weight excluding hydrogens is 815 g/mol. The topological polar surface area (TPSA) is 64.5 Å². The summed E-state index contributed by atoms with van der Waals surface area (Å²) in [6.07, 6.45) is 0. The lowest BCUT2D eigenvalue weighted by atomic mass is 9.67. The Labute approximate surface area is 389 Å². The van der Waals surface area contributed by atoms with Crippen molar-refractivity contribution >= 4 is 0 Å². The fraction of sp³-hybridized carbons (Fsp3) is 0.0161. The molecule has 9 aromatic carbocycles. The van der Waals surface area contributed by atoms with Crippen LogP contribution in [0.4, 0.5) is 0 Å². The van der Waals surface area contributed by atoms with Crippen molar-refractivity contribution in [2.24, 2.45) is 0 Å². The molecule has 67 heavy (non-hydrogen) atoms. The van der Waals surface area contributed by atoms with Gasteiger partial charge in [0.2, 0.25) is 0 Å². The van der Waals surface area contributed by atoms with E-state index in [9.17, 15) is 0 Å². The zero-order valence-electron chi connectivity index (χ0n) is 36.4. The average Bonchev–Trinajstić information content (AvgIpc) is 3.73. The van der Waals surface area contributed by atoms with Crippen molar-refractivity contribution in [2.45, 2.75) is 5.41 Å². The summed E-state index contributed by atoms with van der Waals surface area (Å²) < 4.78 is 0. The fourth-order valence-electron chi connectivity index (χ4n) is 9.70. The van der Waals surface area contributed by atoms with Gasteiger partial charge in [-0.05, 0) is 62.7 Å². The molecule has 2 aromatic heterocycles. The highest BCUT2D eigenvalue weighted by atomic mass is 15.0. The third kappa shape index (κ3) is 7.20. The van der Waals surface area contributed by atoms with Crippen LogP contribution in [-0.4, -0.2) is 24.9 Å². The zero-order chi connectivity index (χ0) is 44.6. The van der Waals surface area contributed by atoms with Crippen LogP contribution in [0.1, 0.15) is 22.3 Å².